The van der Waals surface area contributed by atoms with Gasteiger partial charge in [0.15, 0.2) is 17.1 Å². The predicted molar refractivity (Wildman–Crippen MR) is 110 cm³/mol. The van der Waals surface area contributed by atoms with Crippen LogP contribution < -0.4 is 9.47 Å². The van der Waals surface area contributed by atoms with Crippen molar-refractivity contribution in [1.29, 1.82) is 0 Å². The second-order valence-electron chi connectivity index (χ2n) is 7.79. The first-order chi connectivity index (χ1) is 13.0. The van der Waals surface area contributed by atoms with E-state index in [1.54, 1.807) is 0 Å². The first kappa shape index (κ1) is 17.6. The van der Waals surface area contributed by atoms with Gasteiger partial charge in [0, 0.05) is 23.0 Å². The van der Waals surface area contributed by atoms with E-state index in [0.29, 0.717) is 25.0 Å². The second kappa shape index (κ2) is 7.06. The highest BCUT2D eigenvalue weighted by Gasteiger charge is 2.14. The third-order valence-electron chi connectivity index (χ3n) is 4.31. The van der Waals surface area contributed by atoms with Crippen LogP contribution in [0.15, 0.2) is 36.4 Å². The molecule has 0 fully saturated rings. The van der Waals surface area contributed by atoms with Crippen LogP contribution in [0.1, 0.15) is 27.7 Å². The van der Waals surface area contributed by atoms with E-state index in [9.17, 15) is 0 Å². The first-order valence-corrected chi connectivity index (χ1v) is 9.49. The maximum absolute atomic E-state index is 6.02. The van der Waals surface area contributed by atoms with Crippen molar-refractivity contribution in [2.45, 2.75) is 27.7 Å². The van der Waals surface area contributed by atoms with Crippen molar-refractivity contribution in [3.05, 3.63) is 36.4 Å². The number of aromatic nitrogens is 3. The van der Waals surface area contributed by atoms with Crippen LogP contribution in [0.5, 0.6) is 11.5 Å². The molecule has 5 nitrogen and oxygen atoms in total. The summed E-state index contributed by atoms with van der Waals surface area (Å²) in [6.07, 6.45) is 0. The molecule has 0 saturated heterocycles. The molecule has 0 aliphatic carbocycles. The monoisotopic (exact) mass is 363 g/mol. The Bertz CT molecular complexity index is 1100. The highest BCUT2D eigenvalue weighted by Crippen LogP contribution is 2.34. The van der Waals surface area contributed by atoms with Gasteiger partial charge in [-0.25, -0.2) is 9.97 Å². The summed E-state index contributed by atoms with van der Waals surface area (Å²) in [5, 5.41) is 1.08. The van der Waals surface area contributed by atoms with Gasteiger partial charge in [-0.15, -0.1) is 0 Å². The molecule has 4 aromatic rings. The molecule has 2 heterocycles. The Labute approximate surface area is 158 Å². The summed E-state index contributed by atoms with van der Waals surface area (Å²) in [5.74, 6) is 2.31. The van der Waals surface area contributed by atoms with E-state index >= 15 is 0 Å². The van der Waals surface area contributed by atoms with E-state index in [2.05, 4.69) is 38.7 Å². The topological polar surface area (TPSA) is 60.0 Å². The molecule has 0 spiro atoms. The number of para-hydroxylation sites is 1. The minimum Gasteiger partial charge on any atom is -0.489 e. The Kier molecular flexibility index (Phi) is 4.60. The van der Waals surface area contributed by atoms with E-state index in [1.807, 2.05) is 30.3 Å². The number of aromatic amines is 1. The highest BCUT2D eigenvalue weighted by atomic mass is 16.5. The van der Waals surface area contributed by atoms with Crippen molar-refractivity contribution in [1.82, 2.24) is 15.0 Å². The summed E-state index contributed by atoms with van der Waals surface area (Å²) in [4.78, 5) is 13.0. The predicted octanol–water partition coefficient (Wildman–Crippen LogP) is 5.33. The third kappa shape index (κ3) is 3.54. The maximum Gasteiger partial charge on any atom is 0.163 e. The molecule has 0 saturated carbocycles. The lowest BCUT2D eigenvalue weighted by Crippen LogP contribution is -2.09. The Morgan fingerprint density at radius 2 is 1.44 bits per heavy atom. The summed E-state index contributed by atoms with van der Waals surface area (Å²) >= 11 is 0. The summed E-state index contributed by atoms with van der Waals surface area (Å²) < 4.78 is 12.0. The molecule has 4 rings (SSSR count). The molecule has 0 aliphatic heterocycles. The number of H-pyrrole nitrogens is 1. The smallest absolute Gasteiger partial charge is 0.163 e. The molecular formula is C22H25N3O2. The first-order valence-electron chi connectivity index (χ1n) is 9.49. The van der Waals surface area contributed by atoms with Crippen LogP contribution >= 0.6 is 0 Å². The summed E-state index contributed by atoms with van der Waals surface area (Å²) in [6.45, 7) is 9.78. The Morgan fingerprint density at radius 3 is 2.07 bits per heavy atom. The molecule has 0 radical (unpaired) electrons. The molecule has 0 atom stereocenters. The van der Waals surface area contributed by atoms with Crippen molar-refractivity contribution in [3.8, 4) is 11.5 Å². The Morgan fingerprint density at radius 1 is 0.852 bits per heavy atom. The van der Waals surface area contributed by atoms with Crippen LogP contribution in [0.2, 0.25) is 0 Å². The van der Waals surface area contributed by atoms with Gasteiger partial charge in [0.2, 0.25) is 0 Å². The van der Waals surface area contributed by atoms with Crippen LogP contribution in [-0.2, 0) is 0 Å². The van der Waals surface area contributed by atoms with Gasteiger partial charge >= 0.3 is 0 Å². The fourth-order valence-corrected chi connectivity index (χ4v) is 3.00. The number of benzene rings is 2. The summed E-state index contributed by atoms with van der Waals surface area (Å²) in [5.41, 5.74) is 4.31. The van der Waals surface area contributed by atoms with Gasteiger partial charge in [0.25, 0.3) is 0 Å². The summed E-state index contributed by atoms with van der Waals surface area (Å²) in [7, 11) is 0. The van der Waals surface area contributed by atoms with Crippen LogP contribution in [0.3, 0.4) is 0 Å². The van der Waals surface area contributed by atoms with Gasteiger partial charge in [-0.1, -0.05) is 45.9 Å². The van der Waals surface area contributed by atoms with Crippen molar-refractivity contribution in [2.75, 3.05) is 13.2 Å². The van der Waals surface area contributed by atoms with Crippen LogP contribution in [0.25, 0.3) is 33.1 Å². The van der Waals surface area contributed by atoms with Crippen molar-refractivity contribution < 1.29 is 9.47 Å². The van der Waals surface area contributed by atoms with Crippen molar-refractivity contribution in [3.63, 3.8) is 0 Å². The zero-order chi connectivity index (χ0) is 19.0. The van der Waals surface area contributed by atoms with Gasteiger partial charge in [0.1, 0.15) is 5.52 Å². The third-order valence-corrected chi connectivity index (χ3v) is 4.31. The lowest BCUT2D eigenvalue weighted by Gasteiger charge is -2.16. The molecule has 0 unspecified atom stereocenters. The van der Waals surface area contributed by atoms with E-state index in [-0.39, 0.29) is 0 Å². The zero-order valence-corrected chi connectivity index (χ0v) is 16.2. The standard InChI is InChI=1S/C22H25N3O2/c1-13(2)11-26-19-9-17-18(10-20(19)27-12-14(3)4)25-22-21(23-17)15-7-5-6-8-16(15)24-22/h5-10,13-14H,11-12H2,1-4H3,(H,24,25). The fraction of sp³-hybridized carbons (Fsp3) is 0.364. The average Bonchev–Trinajstić information content (AvgIpc) is 2.99. The number of hydrogen-bond acceptors (Lipinski definition) is 4. The van der Waals surface area contributed by atoms with E-state index in [0.717, 1.165) is 44.6 Å². The van der Waals surface area contributed by atoms with E-state index < -0.39 is 0 Å². The molecule has 2 aromatic heterocycles. The number of fused-ring (bicyclic) bond motifs is 4. The molecule has 2 aromatic carbocycles. The van der Waals surface area contributed by atoms with E-state index in [4.69, 9.17) is 19.4 Å². The molecule has 0 aliphatic rings. The van der Waals surface area contributed by atoms with Crippen LogP contribution in [0, 0.1) is 11.8 Å². The van der Waals surface area contributed by atoms with Crippen LogP contribution in [-0.4, -0.2) is 28.2 Å². The van der Waals surface area contributed by atoms with Gasteiger partial charge in [-0.2, -0.15) is 0 Å². The normalized spacial score (nSPS) is 11.9. The largest absolute Gasteiger partial charge is 0.489 e. The van der Waals surface area contributed by atoms with Crippen molar-refractivity contribution >= 4 is 33.1 Å². The lowest BCUT2D eigenvalue weighted by molar-refractivity contribution is 0.230. The Hall–Kier alpha value is -2.82. The fourth-order valence-electron chi connectivity index (χ4n) is 3.00. The number of nitrogens with zero attached hydrogens (tertiary/aromatic N) is 2. The second-order valence-corrected chi connectivity index (χ2v) is 7.79. The average molecular weight is 363 g/mol. The molecule has 27 heavy (non-hydrogen) atoms. The SMILES string of the molecule is CC(C)COc1cc2nc3[nH]c4ccccc4c3nc2cc1OCC(C)C. The number of rotatable bonds is 6. The number of hydrogen-bond donors (Lipinski definition) is 1. The lowest BCUT2D eigenvalue weighted by atomic mass is 10.2. The van der Waals surface area contributed by atoms with Gasteiger partial charge in [-0.3, -0.25) is 0 Å². The van der Waals surface area contributed by atoms with Crippen LogP contribution in [0.4, 0.5) is 0 Å². The van der Waals surface area contributed by atoms with E-state index in [1.165, 1.54) is 0 Å². The van der Waals surface area contributed by atoms with Crippen molar-refractivity contribution in [2.24, 2.45) is 11.8 Å². The quantitative estimate of drug-likeness (QED) is 0.503. The maximum atomic E-state index is 6.02. The summed E-state index contributed by atoms with van der Waals surface area (Å²) in [6, 6.07) is 12.0. The highest BCUT2D eigenvalue weighted by molar-refractivity contribution is 6.05. The number of ether oxygens (including phenoxy) is 2. The molecular weight excluding hydrogens is 338 g/mol. The minimum atomic E-state index is 0.431. The zero-order valence-electron chi connectivity index (χ0n) is 16.2. The van der Waals surface area contributed by atoms with Gasteiger partial charge in [0.05, 0.1) is 24.2 Å². The Balaban J connectivity index is 1.85. The number of nitrogens with one attached hydrogen (secondary N) is 1. The molecule has 0 amide bonds. The van der Waals surface area contributed by atoms with Gasteiger partial charge < -0.3 is 14.5 Å². The minimum absolute atomic E-state index is 0.431. The molecule has 0 bridgehead atoms. The molecule has 1 N–H and O–H groups in total. The molecule has 5 heteroatoms. The molecule has 140 valence electrons. The van der Waals surface area contributed by atoms with Gasteiger partial charge in [-0.05, 0) is 17.9 Å².